The Kier molecular flexibility index (Phi) is 5.22. The van der Waals surface area contributed by atoms with Gasteiger partial charge < -0.3 is 15.7 Å². The highest BCUT2D eigenvalue weighted by Gasteiger charge is 2.39. The zero-order valence-electron chi connectivity index (χ0n) is 11.1. The van der Waals surface area contributed by atoms with Gasteiger partial charge in [-0.05, 0) is 37.1 Å². The van der Waals surface area contributed by atoms with Crippen LogP contribution in [0.15, 0.2) is 0 Å². The Labute approximate surface area is 100 Å². The fourth-order valence-electron chi connectivity index (χ4n) is 2.83. The summed E-state index contributed by atoms with van der Waals surface area (Å²) >= 11 is 0. The molecule has 0 heterocycles. The molecule has 2 unspecified atom stereocenters. The van der Waals surface area contributed by atoms with Gasteiger partial charge in [0.05, 0.1) is 6.61 Å². The minimum absolute atomic E-state index is 0.255. The monoisotopic (exact) mass is 228 g/mol. The molecule has 3 heteroatoms. The van der Waals surface area contributed by atoms with Crippen LogP contribution in [-0.4, -0.2) is 42.3 Å². The lowest BCUT2D eigenvalue weighted by Gasteiger charge is -2.30. The van der Waals surface area contributed by atoms with E-state index in [0.717, 1.165) is 26.1 Å². The molecule has 3 N–H and O–H groups in total. The fraction of sp³-hybridized carbons (Fsp3) is 1.00. The van der Waals surface area contributed by atoms with E-state index in [2.05, 4.69) is 25.7 Å². The predicted octanol–water partition coefficient (Wildman–Crippen LogP) is 1.45. The molecule has 0 aliphatic heterocycles. The summed E-state index contributed by atoms with van der Waals surface area (Å²) in [5.74, 6) is 0.605. The SMILES string of the molecule is CCCN(CCO)CC1CCC(C)(C)C1N. The van der Waals surface area contributed by atoms with Gasteiger partial charge in [0.2, 0.25) is 0 Å². The molecule has 0 saturated heterocycles. The third-order valence-corrected chi connectivity index (χ3v) is 4.02. The smallest absolute Gasteiger partial charge is 0.0558 e. The van der Waals surface area contributed by atoms with E-state index >= 15 is 0 Å². The fourth-order valence-corrected chi connectivity index (χ4v) is 2.83. The van der Waals surface area contributed by atoms with E-state index in [1.165, 1.54) is 12.8 Å². The van der Waals surface area contributed by atoms with Crippen molar-refractivity contribution >= 4 is 0 Å². The normalized spacial score (nSPS) is 28.9. The van der Waals surface area contributed by atoms with E-state index in [9.17, 15) is 0 Å². The van der Waals surface area contributed by atoms with Gasteiger partial charge in [-0.3, -0.25) is 0 Å². The molecule has 1 aliphatic rings. The van der Waals surface area contributed by atoms with Gasteiger partial charge in [-0.25, -0.2) is 0 Å². The van der Waals surface area contributed by atoms with Crippen LogP contribution in [0.5, 0.6) is 0 Å². The van der Waals surface area contributed by atoms with Crippen LogP contribution in [0.4, 0.5) is 0 Å². The molecule has 1 aliphatic carbocycles. The van der Waals surface area contributed by atoms with Crippen LogP contribution < -0.4 is 5.73 Å². The second kappa shape index (κ2) is 5.99. The van der Waals surface area contributed by atoms with Crippen molar-refractivity contribution in [3.63, 3.8) is 0 Å². The summed E-state index contributed by atoms with van der Waals surface area (Å²) in [5.41, 5.74) is 6.60. The first-order chi connectivity index (χ1) is 7.51. The molecule has 3 nitrogen and oxygen atoms in total. The van der Waals surface area contributed by atoms with Crippen molar-refractivity contribution in [2.24, 2.45) is 17.1 Å². The summed E-state index contributed by atoms with van der Waals surface area (Å²) in [4.78, 5) is 2.35. The standard InChI is InChI=1S/C13H28N2O/c1-4-7-15(8-9-16)10-11-5-6-13(2,3)12(11)14/h11-12,16H,4-10,14H2,1-3H3. The average Bonchev–Trinajstić information content (AvgIpc) is 2.46. The Morgan fingerprint density at radius 3 is 2.50 bits per heavy atom. The molecule has 0 aromatic heterocycles. The first-order valence-corrected chi connectivity index (χ1v) is 6.60. The van der Waals surface area contributed by atoms with E-state index in [0.29, 0.717) is 17.4 Å². The van der Waals surface area contributed by atoms with Crippen molar-refractivity contribution in [3.8, 4) is 0 Å². The van der Waals surface area contributed by atoms with Crippen molar-refractivity contribution < 1.29 is 5.11 Å². The summed E-state index contributed by atoms with van der Waals surface area (Å²) in [6.07, 6.45) is 3.61. The van der Waals surface area contributed by atoms with Gasteiger partial charge in [-0.15, -0.1) is 0 Å². The zero-order chi connectivity index (χ0) is 12.2. The number of aliphatic hydroxyl groups is 1. The third-order valence-electron chi connectivity index (χ3n) is 4.02. The van der Waals surface area contributed by atoms with Crippen molar-refractivity contribution in [1.29, 1.82) is 0 Å². The largest absolute Gasteiger partial charge is 0.395 e. The molecule has 1 saturated carbocycles. The van der Waals surface area contributed by atoms with Gasteiger partial charge in [-0.2, -0.15) is 0 Å². The van der Waals surface area contributed by atoms with Crippen LogP contribution in [0, 0.1) is 11.3 Å². The summed E-state index contributed by atoms with van der Waals surface area (Å²) in [6.45, 7) is 9.90. The van der Waals surface area contributed by atoms with E-state index in [-0.39, 0.29) is 6.61 Å². The summed E-state index contributed by atoms with van der Waals surface area (Å²) < 4.78 is 0. The highest BCUT2D eigenvalue weighted by Crippen LogP contribution is 2.40. The van der Waals surface area contributed by atoms with Gasteiger partial charge in [0.25, 0.3) is 0 Å². The van der Waals surface area contributed by atoms with Crippen LogP contribution in [-0.2, 0) is 0 Å². The minimum atomic E-state index is 0.255. The van der Waals surface area contributed by atoms with Crippen LogP contribution in [0.2, 0.25) is 0 Å². The van der Waals surface area contributed by atoms with Gasteiger partial charge in [-0.1, -0.05) is 20.8 Å². The number of hydrogen-bond acceptors (Lipinski definition) is 3. The maximum Gasteiger partial charge on any atom is 0.0558 e. The molecule has 0 bridgehead atoms. The molecule has 0 spiro atoms. The molecule has 0 aromatic rings. The van der Waals surface area contributed by atoms with Crippen molar-refractivity contribution in [2.45, 2.75) is 46.1 Å². The van der Waals surface area contributed by atoms with Gasteiger partial charge in [0.1, 0.15) is 0 Å². The van der Waals surface area contributed by atoms with Crippen molar-refractivity contribution in [2.75, 3.05) is 26.2 Å². The Balaban J connectivity index is 2.46. The molecule has 1 fully saturated rings. The molecular weight excluding hydrogens is 200 g/mol. The topological polar surface area (TPSA) is 49.5 Å². The number of nitrogens with zero attached hydrogens (tertiary/aromatic N) is 1. The van der Waals surface area contributed by atoms with Crippen molar-refractivity contribution in [1.82, 2.24) is 4.90 Å². The van der Waals surface area contributed by atoms with Crippen molar-refractivity contribution in [3.05, 3.63) is 0 Å². The Morgan fingerprint density at radius 1 is 1.38 bits per heavy atom. The average molecular weight is 228 g/mol. The minimum Gasteiger partial charge on any atom is -0.395 e. The molecule has 0 amide bonds. The highest BCUT2D eigenvalue weighted by atomic mass is 16.3. The first kappa shape index (κ1) is 13.9. The molecule has 1 rings (SSSR count). The van der Waals surface area contributed by atoms with Gasteiger partial charge >= 0.3 is 0 Å². The Hall–Kier alpha value is -0.120. The van der Waals surface area contributed by atoms with Crippen LogP contribution >= 0.6 is 0 Å². The molecule has 0 radical (unpaired) electrons. The quantitative estimate of drug-likeness (QED) is 0.723. The van der Waals surface area contributed by atoms with Gasteiger partial charge in [0.15, 0.2) is 0 Å². The van der Waals surface area contributed by atoms with E-state index in [1.807, 2.05) is 0 Å². The number of hydrogen-bond donors (Lipinski definition) is 2. The van der Waals surface area contributed by atoms with Crippen LogP contribution in [0.25, 0.3) is 0 Å². The van der Waals surface area contributed by atoms with Crippen LogP contribution in [0.1, 0.15) is 40.0 Å². The summed E-state index contributed by atoms with van der Waals surface area (Å²) in [5, 5.41) is 9.03. The Morgan fingerprint density at radius 2 is 2.06 bits per heavy atom. The maximum absolute atomic E-state index is 9.03. The lowest BCUT2D eigenvalue weighted by atomic mass is 9.85. The molecule has 16 heavy (non-hydrogen) atoms. The number of nitrogens with two attached hydrogens (primary N) is 1. The second-order valence-corrected chi connectivity index (χ2v) is 5.84. The highest BCUT2D eigenvalue weighted by molar-refractivity contribution is 4.95. The summed E-state index contributed by atoms with van der Waals surface area (Å²) in [6, 6.07) is 0.311. The second-order valence-electron chi connectivity index (χ2n) is 5.84. The first-order valence-electron chi connectivity index (χ1n) is 6.60. The number of rotatable bonds is 6. The van der Waals surface area contributed by atoms with E-state index in [1.54, 1.807) is 0 Å². The zero-order valence-corrected chi connectivity index (χ0v) is 11.1. The van der Waals surface area contributed by atoms with E-state index < -0.39 is 0 Å². The lowest BCUT2D eigenvalue weighted by Crippen LogP contribution is -2.43. The maximum atomic E-state index is 9.03. The molecule has 0 aromatic carbocycles. The Bertz CT molecular complexity index is 200. The molecule has 96 valence electrons. The number of aliphatic hydroxyl groups excluding tert-OH is 1. The predicted molar refractivity (Wildman–Crippen MR) is 68.3 cm³/mol. The lowest BCUT2D eigenvalue weighted by molar-refractivity contribution is 0.164. The summed E-state index contributed by atoms with van der Waals surface area (Å²) in [7, 11) is 0. The van der Waals surface area contributed by atoms with Crippen LogP contribution in [0.3, 0.4) is 0 Å². The third kappa shape index (κ3) is 3.44. The van der Waals surface area contributed by atoms with E-state index in [4.69, 9.17) is 10.8 Å². The molecular formula is C13H28N2O. The van der Waals surface area contributed by atoms with Gasteiger partial charge in [0, 0.05) is 19.1 Å². The molecule has 2 atom stereocenters.